The second-order valence-electron chi connectivity index (χ2n) is 10.5. The number of methoxy groups -OCH3 is 1. The Hall–Kier alpha value is -3.82. The van der Waals surface area contributed by atoms with E-state index in [9.17, 15) is 14.4 Å². The second-order valence-corrected chi connectivity index (χ2v) is 11.3. The third kappa shape index (κ3) is 9.63. The summed E-state index contributed by atoms with van der Waals surface area (Å²) in [5.74, 6) is -0.0764. The average molecular weight is 617 g/mol. The molecule has 2 aromatic carbocycles. The molecule has 9 nitrogen and oxygen atoms in total. The number of pyridine rings is 1. The van der Waals surface area contributed by atoms with Crippen LogP contribution in [0, 0.1) is 6.92 Å². The van der Waals surface area contributed by atoms with E-state index in [-0.39, 0.29) is 22.0 Å². The van der Waals surface area contributed by atoms with Crippen LogP contribution in [0.5, 0.6) is 5.75 Å². The zero-order chi connectivity index (χ0) is 30.9. The largest absolute Gasteiger partial charge is 0.494 e. The van der Waals surface area contributed by atoms with Gasteiger partial charge in [0.15, 0.2) is 0 Å². The quantitative estimate of drug-likeness (QED) is 0.196. The van der Waals surface area contributed by atoms with Crippen molar-refractivity contribution < 1.29 is 28.6 Å². The fourth-order valence-corrected chi connectivity index (χ4v) is 4.46. The van der Waals surface area contributed by atoms with Crippen LogP contribution in [0.2, 0.25) is 10.0 Å². The lowest BCUT2D eigenvalue weighted by atomic mass is 10.0. The number of nitrogens with zero attached hydrogens (tertiary/aromatic N) is 2. The second kappa shape index (κ2) is 14.9. The molecule has 42 heavy (non-hydrogen) atoms. The maximum Gasteiger partial charge on any atom is 0.416 e. The number of aromatic nitrogens is 1. The molecule has 1 atom stereocenters. The minimum Gasteiger partial charge on any atom is -0.494 e. The average Bonchev–Trinajstić information content (AvgIpc) is 2.92. The Labute approximate surface area is 256 Å². The van der Waals surface area contributed by atoms with E-state index in [1.54, 1.807) is 54.7 Å². The Balaban J connectivity index is 1.59. The lowest BCUT2D eigenvalue weighted by Crippen LogP contribution is -2.43. The van der Waals surface area contributed by atoms with Crippen LogP contribution in [-0.4, -0.2) is 54.9 Å². The smallest absolute Gasteiger partial charge is 0.416 e. The highest BCUT2D eigenvalue weighted by molar-refractivity contribution is 6.39. The number of carbonyl (C=O) groups excluding carboxylic acids is 3. The number of nitrogens with one attached hydrogen (secondary N) is 1. The fraction of sp³-hybridized carbons (Fsp3) is 0.355. The number of carbonyl (C=O) groups is 3. The molecule has 0 saturated carbocycles. The summed E-state index contributed by atoms with van der Waals surface area (Å²) >= 11 is 12.3. The standard InChI is InChI=1S/C31H35Cl2N3O6/c1-20-10-15-26(34-19-20)36(30(39)42-31(2,3)4)16-7-17-41-22-13-11-21(12-14-22)18-25(29(38)40-5)35-28(37)27-23(32)8-6-9-24(27)33/h6,8-15,19,25H,7,16-18H2,1-5H3,(H,35,37)/t25-/m0/s1. The van der Waals surface area contributed by atoms with E-state index in [0.717, 1.165) is 11.1 Å². The molecule has 0 aliphatic carbocycles. The summed E-state index contributed by atoms with van der Waals surface area (Å²) in [6.07, 6.45) is 1.92. The van der Waals surface area contributed by atoms with Gasteiger partial charge in [0.2, 0.25) is 0 Å². The molecule has 1 heterocycles. The van der Waals surface area contributed by atoms with E-state index in [1.807, 2.05) is 33.8 Å². The molecule has 224 valence electrons. The van der Waals surface area contributed by atoms with Gasteiger partial charge in [0.1, 0.15) is 23.2 Å². The van der Waals surface area contributed by atoms with E-state index in [2.05, 4.69) is 10.3 Å². The molecule has 0 aliphatic heterocycles. The van der Waals surface area contributed by atoms with Crippen molar-refractivity contribution in [3.8, 4) is 5.75 Å². The minimum atomic E-state index is -0.962. The van der Waals surface area contributed by atoms with Crippen LogP contribution < -0.4 is 15.0 Å². The summed E-state index contributed by atoms with van der Waals surface area (Å²) in [6.45, 7) is 8.05. The number of rotatable bonds is 11. The molecule has 0 spiro atoms. The van der Waals surface area contributed by atoms with Crippen LogP contribution in [0.15, 0.2) is 60.8 Å². The Morgan fingerprint density at radius 3 is 2.24 bits per heavy atom. The maximum absolute atomic E-state index is 12.8. The van der Waals surface area contributed by atoms with Gasteiger partial charge in [0.05, 0.1) is 29.3 Å². The highest BCUT2D eigenvalue weighted by Gasteiger charge is 2.26. The van der Waals surface area contributed by atoms with E-state index in [1.165, 1.54) is 12.0 Å². The Bertz CT molecular complexity index is 1350. The molecule has 2 amide bonds. The molecule has 0 saturated heterocycles. The zero-order valence-electron chi connectivity index (χ0n) is 24.3. The van der Waals surface area contributed by atoms with Crippen LogP contribution in [-0.2, 0) is 20.7 Å². The van der Waals surface area contributed by atoms with Crippen molar-refractivity contribution in [2.75, 3.05) is 25.2 Å². The Kier molecular flexibility index (Phi) is 11.6. The first kappa shape index (κ1) is 32.7. The number of amides is 2. The molecule has 3 aromatic rings. The Morgan fingerprint density at radius 1 is 1.00 bits per heavy atom. The van der Waals surface area contributed by atoms with Crippen LogP contribution >= 0.6 is 23.2 Å². The number of ether oxygens (including phenoxy) is 3. The topological polar surface area (TPSA) is 107 Å². The summed E-state index contributed by atoms with van der Waals surface area (Å²) in [5.41, 5.74) is 1.20. The molecular weight excluding hydrogens is 581 g/mol. The normalized spacial score (nSPS) is 11.8. The van der Waals surface area contributed by atoms with Gasteiger partial charge in [0.25, 0.3) is 5.91 Å². The summed E-state index contributed by atoms with van der Waals surface area (Å²) in [7, 11) is 1.25. The summed E-state index contributed by atoms with van der Waals surface area (Å²) in [5, 5.41) is 3.01. The van der Waals surface area contributed by atoms with Gasteiger partial charge in [-0.1, -0.05) is 47.5 Å². The van der Waals surface area contributed by atoms with Crippen molar-refractivity contribution in [2.24, 2.45) is 0 Å². The fourth-order valence-electron chi connectivity index (χ4n) is 3.89. The first-order valence-corrected chi connectivity index (χ1v) is 14.1. The predicted octanol–water partition coefficient (Wildman–Crippen LogP) is 6.42. The molecule has 11 heteroatoms. The summed E-state index contributed by atoms with van der Waals surface area (Å²) in [4.78, 5) is 44.0. The van der Waals surface area contributed by atoms with Crippen LogP contribution in [0.4, 0.5) is 10.6 Å². The lowest BCUT2D eigenvalue weighted by Gasteiger charge is -2.27. The van der Waals surface area contributed by atoms with Gasteiger partial charge in [-0.05, 0) is 75.6 Å². The van der Waals surface area contributed by atoms with Crippen molar-refractivity contribution >= 4 is 47.0 Å². The van der Waals surface area contributed by atoms with Gasteiger partial charge >= 0.3 is 12.1 Å². The van der Waals surface area contributed by atoms with Gasteiger partial charge in [-0.3, -0.25) is 9.69 Å². The molecule has 3 rings (SSSR count). The van der Waals surface area contributed by atoms with Crippen molar-refractivity contribution in [1.82, 2.24) is 10.3 Å². The van der Waals surface area contributed by atoms with Gasteiger partial charge in [0, 0.05) is 19.2 Å². The maximum atomic E-state index is 12.8. The third-order valence-electron chi connectivity index (χ3n) is 5.92. The molecule has 0 unspecified atom stereocenters. The van der Waals surface area contributed by atoms with Gasteiger partial charge in [-0.15, -0.1) is 0 Å². The number of anilines is 1. The van der Waals surface area contributed by atoms with E-state index in [4.69, 9.17) is 37.4 Å². The number of hydrogen-bond donors (Lipinski definition) is 1. The molecule has 1 aromatic heterocycles. The lowest BCUT2D eigenvalue weighted by molar-refractivity contribution is -0.142. The van der Waals surface area contributed by atoms with Gasteiger partial charge in [-0.2, -0.15) is 0 Å². The van der Waals surface area contributed by atoms with Crippen molar-refractivity contribution in [1.29, 1.82) is 0 Å². The van der Waals surface area contributed by atoms with Crippen LogP contribution in [0.25, 0.3) is 0 Å². The number of aryl methyl sites for hydroxylation is 1. The molecule has 0 bridgehead atoms. The summed E-state index contributed by atoms with van der Waals surface area (Å²) < 4.78 is 16.3. The van der Waals surface area contributed by atoms with Crippen molar-refractivity contribution in [2.45, 2.75) is 52.2 Å². The van der Waals surface area contributed by atoms with E-state index >= 15 is 0 Å². The van der Waals surface area contributed by atoms with E-state index < -0.39 is 29.6 Å². The molecule has 0 radical (unpaired) electrons. The van der Waals surface area contributed by atoms with Crippen molar-refractivity contribution in [3.05, 3.63) is 87.5 Å². The number of hydrogen-bond acceptors (Lipinski definition) is 7. The highest BCUT2D eigenvalue weighted by atomic mass is 35.5. The molecule has 0 aliphatic rings. The highest BCUT2D eigenvalue weighted by Crippen LogP contribution is 2.24. The number of esters is 1. The first-order chi connectivity index (χ1) is 19.9. The van der Waals surface area contributed by atoms with Crippen molar-refractivity contribution in [3.63, 3.8) is 0 Å². The van der Waals surface area contributed by atoms with Gasteiger partial charge < -0.3 is 19.5 Å². The van der Waals surface area contributed by atoms with Gasteiger partial charge in [-0.25, -0.2) is 14.6 Å². The summed E-state index contributed by atoms with van der Waals surface area (Å²) in [6, 6.07) is 14.5. The first-order valence-electron chi connectivity index (χ1n) is 13.4. The van der Waals surface area contributed by atoms with Crippen LogP contribution in [0.3, 0.4) is 0 Å². The molecule has 0 fully saturated rings. The predicted molar refractivity (Wildman–Crippen MR) is 163 cm³/mol. The van der Waals surface area contributed by atoms with E-state index in [0.29, 0.717) is 31.1 Å². The number of halogens is 2. The van der Waals surface area contributed by atoms with Crippen LogP contribution in [0.1, 0.15) is 48.7 Å². The minimum absolute atomic E-state index is 0.0851. The SMILES string of the molecule is COC(=O)[C@H](Cc1ccc(OCCCN(C(=O)OC(C)(C)C)c2ccc(C)cn2)cc1)NC(=O)c1c(Cl)cccc1Cl. The Morgan fingerprint density at radius 2 is 1.67 bits per heavy atom. The molecule has 1 N–H and O–H groups in total. The third-order valence-corrected chi connectivity index (χ3v) is 6.55. The molecular formula is C31H35Cl2N3O6. The zero-order valence-corrected chi connectivity index (χ0v) is 25.8. The number of benzene rings is 2. The monoisotopic (exact) mass is 615 g/mol.